The third-order valence-electron chi connectivity index (χ3n) is 11.0. The lowest BCUT2D eigenvalue weighted by Gasteiger charge is -2.44. The monoisotopic (exact) mass is 1080 g/mol. The fourth-order valence-electron chi connectivity index (χ4n) is 7.05. The number of hydrogen-bond acceptors (Lipinski definition) is 7. The van der Waals surface area contributed by atoms with E-state index in [-0.39, 0.29) is 17.9 Å². The molecule has 2 rings (SSSR count). The average molecular weight is 1080 g/mol. The van der Waals surface area contributed by atoms with E-state index in [0.29, 0.717) is 17.2 Å². The Morgan fingerprint density at radius 3 is 1.66 bits per heavy atom. The second-order valence-corrected chi connectivity index (χ2v) is 21.4. The predicted octanol–water partition coefficient (Wildman–Crippen LogP) is 14.3. The zero-order valence-electron chi connectivity index (χ0n) is 38.6. The SMILES string of the molecule is CCOC(=O)/C=C(C)/C=C(\C)[C@H](OC)[C@@H](OC(=O)Nc1ccc(F)cc1F)c1ccc(OCCO[Si](CCC(F)(F)C(F)(F)C(F)(F)C(F)(F)C(F)(F)C(F)(F)C(F)(F)C(F)(F)F)(C(C)C)C(C)C)cc1. The van der Waals surface area contributed by atoms with Crippen molar-refractivity contribution in [2.24, 2.45) is 0 Å². The number of hydrogen-bond donors (Lipinski definition) is 1. The third kappa shape index (κ3) is 13.1. The molecule has 0 saturated carbocycles. The Labute approximate surface area is 395 Å². The maximum absolute atomic E-state index is 15.1. The molecule has 0 radical (unpaired) electrons. The third-order valence-corrected chi connectivity index (χ3v) is 16.7. The van der Waals surface area contributed by atoms with Crippen LogP contribution >= 0.6 is 0 Å². The Balaban J connectivity index is 2.40. The molecular weight excluding hydrogens is 1030 g/mol. The average Bonchev–Trinajstić information content (AvgIpc) is 3.23. The molecule has 0 aliphatic carbocycles. The fraction of sp³-hybridized carbons (Fsp3) is 0.581. The molecule has 404 valence electrons. The molecule has 0 unspecified atom stereocenters. The summed E-state index contributed by atoms with van der Waals surface area (Å²) in [6.45, 7) is 8.78. The van der Waals surface area contributed by atoms with E-state index in [1.165, 1.54) is 65.1 Å². The predicted molar refractivity (Wildman–Crippen MR) is 218 cm³/mol. The molecule has 71 heavy (non-hydrogen) atoms. The zero-order valence-corrected chi connectivity index (χ0v) is 39.6. The highest BCUT2D eigenvalue weighted by atomic mass is 28.4. The van der Waals surface area contributed by atoms with E-state index >= 15 is 8.78 Å². The van der Waals surface area contributed by atoms with Crippen LogP contribution in [0.5, 0.6) is 5.75 Å². The van der Waals surface area contributed by atoms with Gasteiger partial charge in [-0.3, -0.25) is 5.32 Å². The van der Waals surface area contributed by atoms with Gasteiger partial charge in [0.2, 0.25) is 0 Å². The molecule has 0 aromatic heterocycles. The first kappa shape index (κ1) is 62.4. The zero-order chi connectivity index (χ0) is 55.1. The highest BCUT2D eigenvalue weighted by molar-refractivity contribution is 6.76. The second kappa shape index (κ2) is 23.0. The van der Waals surface area contributed by atoms with E-state index in [0.717, 1.165) is 18.2 Å². The number of benzene rings is 2. The van der Waals surface area contributed by atoms with Gasteiger partial charge in [0.1, 0.15) is 30.1 Å². The first-order valence-electron chi connectivity index (χ1n) is 20.7. The van der Waals surface area contributed by atoms with Gasteiger partial charge in [-0.1, -0.05) is 45.9 Å². The van der Waals surface area contributed by atoms with Gasteiger partial charge in [0.05, 0.1) is 18.9 Å². The first-order valence-corrected chi connectivity index (χ1v) is 23.0. The molecule has 0 aliphatic rings. The van der Waals surface area contributed by atoms with Gasteiger partial charge >= 0.3 is 59.7 Å². The molecule has 0 heterocycles. The van der Waals surface area contributed by atoms with Crippen LogP contribution in [-0.2, 0) is 23.4 Å². The highest BCUT2D eigenvalue weighted by Crippen LogP contribution is 2.64. The van der Waals surface area contributed by atoms with Gasteiger partial charge < -0.3 is 23.4 Å². The van der Waals surface area contributed by atoms with E-state index in [4.69, 9.17) is 23.4 Å². The lowest BCUT2D eigenvalue weighted by atomic mass is 9.88. The molecule has 1 amide bonds. The maximum atomic E-state index is 15.1. The Bertz CT molecular complexity index is 2170. The van der Waals surface area contributed by atoms with Crippen molar-refractivity contribution in [3.63, 3.8) is 0 Å². The van der Waals surface area contributed by atoms with Crippen LogP contribution in [0.3, 0.4) is 0 Å². The smallest absolute Gasteiger partial charge is 0.460 e. The van der Waals surface area contributed by atoms with Crippen LogP contribution in [0.1, 0.15) is 66.6 Å². The first-order chi connectivity index (χ1) is 32.2. The minimum atomic E-state index is -8.73. The van der Waals surface area contributed by atoms with E-state index in [2.05, 4.69) is 5.32 Å². The van der Waals surface area contributed by atoms with Crippen LogP contribution in [0.2, 0.25) is 17.1 Å². The van der Waals surface area contributed by atoms with Crippen LogP contribution in [0.25, 0.3) is 0 Å². The molecule has 2 aromatic rings. The van der Waals surface area contributed by atoms with Gasteiger partial charge in [-0.25, -0.2) is 18.4 Å². The molecule has 0 fully saturated rings. The molecule has 28 heteroatoms. The molecule has 2 aromatic carbocycles. The second-order valence-electron chi connectivity index (χ2n) is 16.4. The van der Waals surface area contributed by atoms with Gasteiger partial charge in [0, 0.05) is 25.7 Å². The van der Waals surface area contributed by atoms with Crippen molar-refractivity contribution in [1.29, 1.82) is 0 Å². The van der Waals surface area contributed by atoms with Crippen molar-refractivity contribution in [3.8, 4) is 5.75 Å². The summed E-state index contributed by atoms with van der Waals surface area (Å²) in [7, 11) is -2.85. The number of anilines is 1. The summed E-state index contributed by atoms with van der Waals surface area (Å²) in [5, 5.41) is 2.13. The van der Waals surface area contributed by atoms with E-state index in [1.807, 2.05) is 0 Å². The number of nitrogens with one attached hydrogen (secondary N) is 1. The lowest BCUT2D eigenvalue weighted by Crippen LogP contribution is -2.74. The molecule has 0 aliphatic heterocycles. The van der Waals surface area contributed by atoms with Gasteiger partial charge in [0.15, 0.2) is 14.4 Å². The van der Waals surface area contributed by atoms with Crippen molar-refractivity contribution in [2.75, 3.05) is 32.2 Å². The Hall–Kier alpha value is -4.73. The van der Waals surface area contributed by atoms with E-state index in [1.54, 1.807) is 20.8 Å². The molecule has 0 bridgehead atoms. The molecule has 1 N–H and O–H groups in total. The summed E-state index contributed by atoms with van der Waals surface area (Å²) in [5.74, 6) is -59.8. The molecule has 0 saturated heterocycles. The summed E-state index contributed by atoms with van der Waals surface area (Å²) in [6, 6.07) is 6.15. The largest absolute Gasteiger partial charge is 0.491 e. The number of rotatable bonds is 25. The van der Waals surface area contributed by atoms with Crippen molar-refractivity contribution >= 4 is 26.1 Å². The highest BCUT2D eigenvalue weighted by Gasteiger charge is 2.95. The topological polar surface area (TPSA) is 92.3 Å². The summed E-state index contributed by atoms with van der Waals surface area (Å²) in [4.78, 5) is 25.1. The van der Waals surface area contributed by atoms with Crippen molar-refractivity contribution in [2.45, 2.75) is 132 Å². The van der Waals surface area contributed by atoms with Gasteiger partial charge in [-0.05, 0) is 78.9 Å². The van der Waals surface area contributed by atoms with Crippen molar-refractivity contribution in [1.82, 2.24) is 0 Å². The van der Waals surface area contributed by atoms with Gasteiger partial charge in [-0.2, -0.15) is 74.6 Å². The lowest BCUT2D eigenvalue weighted by molar-refractivity contribution is -0.461. The Kier molecular flexibility index (Phi) is 20.2. The summed E-state index contributed by atoms with van der Waals surface area (Å²) in [5.41, 5.74) is -1.43. The normalized spacial score (nSPS) is 15.2. The minimum absolute atomic E-state index is 0.00875. The summed E-state index contributed by atoms with van der Waals surface area (Å²) < 4.78 is 292. The van der Waals surface area contributed by atoms with E-state index < -0.39 is 134 Å². The quantitative estimate of drug-likeness (QED) is 0.0264. The minimum Gasteiger partial charge on any atom is -0.491 e. The number of amides is 1. The number of halogens is 19. The van der Waals surface area contributed by atoms with Crippen LogP contribution in [0, 0.1) is 11.6 Å². The standard InChI is InChI=1S/C43H48F19NO7Si/c1-9-67-32(64)21-25(6)20-26(7)33(66-8)34(70-35(65)63-31-15-12-28(44)22-30(31)45)27-10-13-29(14-11-27)68-17-18-69-71(23(2)3,24(4)5)19-16-36(46,47)37(48,49)38(50,51)39(52,53)40(54,55)41(56,57)42(58,59)43(60,61)62/h10-15,20-24,33-34H,9,16-19H2,1-8H3,(H,63,65)/b25-21+,26-20+/t33-,34-/m0/s1. The van der Waals surface area contributed by atoms with E-state index in [9.17, 15) is 84.2 Å². The summed E-state index contributed by atoms with van der Waals surface area (Å²) in [6.07, 6.45) is -11.6. The number of alkyl halides is 17. The number of carbonyl (C=O) groups excluding carboxylic acids is 2. The van der Waals surface area contributed by atoms with Crippen LogP contribution < -0.4 is 10.1 Å². The van der Waals surface area contributed by atoms with Crippen LogP contribution in [-0.4, -0.2) is 101 Å². The Morgan fingerprint density at radius 2 is 1.20 bits per heavy atom. The Morgan fingerprint density at radius 1 is 0.690 bits per heavy atom. The molecule has 2 atom stereocenters. The molecule has 8 nitrogen and oxygen atoms in total. The van der Waals surface area contributed by atoms with Gasteiger partial charge in [-0.15, -0.1) is 0 Å². The molecule has 0 spiro atoms. The van der Waals surface area contributed by atoms with Crippen LogP contribution in [0.4, 0.5) is 93.9 Å². The van der Waals surface area contributed by atoms with Gasteiger partial charge in [0.25, 0.3) is 0 Å². The summed E-state index contributed by atoms with van der Waals surface area (Å²) >= 11 is 0. The number of ether oxygens (including phenoxy) is 4. The number of allylic oxidation sites excluding steroid dienone is 2. The number of carbonyl (C=O) groups is 2. The number of esters is 1. The maximum Gasteiger partial charge on any atom is 0.460 e. The number of methoxy groups -OCH3 is 1. The van der Waals surface area contributed by atoms with Crippen LogP contribution in [0.15, 0.2) is 65.8 Å². The fourth-order valence-corrected chi connectivity index (χ4v) is 11.5. The van der Waals surface area contributed by atoms with Crippen molar-refractivity contribution < 1.29 is 116 Å². The van der Waals surface area contributed by atoms with Crippen molar-refractivity contribution in [3.05, 3.63) is 83.0 Å². The molecular formula is C43H48F19NO7Si.